The van der Waals surface area contributed by atoms with E-state index in [1.54, 1.807) is 18.2 Å². The fourth-order valence-corrected chi connectivity index (χ4v) is 4.66. The van der Waals surface area contributed by atoms with Gasteiger partial charge in [-0.3, -0.25) is 14.5 Å². The molecule has 0 atom stereocenters. The molecule has 0 spiro atoms. The predicted molar refractivity (Wildman–Crippen MR) is 120 cm³/mol. The summed E-state index contributed by atoms with van der Waals surface area (Å²) < 4.78 is 13.1. The summed E-state index contributed by atoms with van der Waals surface area (Å²) in [6.07, 6.45) is 4.00. The molecule has 4 rings (SSSR count). The number of carbonyl (C=O) groups is 2. The summed E-state index contributed by atoms with van der Waals surface area (Å²) >= 11 is 0.937. The van der Waals surface area contributed by atoms with Crippen LogP contribution in [0.1, 0.15) is 37.5 Å². The molecule has 0 radical (unpaired) electrons. The second-order valence-electron chi connectivity index (χ2n) is 8.21. The molecule has 1 saturated heterocycles. The monoisotopic (exact) mass is 422 g/mol. The molecule has 0 N–H and O–H groups in total. The van der Waals surface area contributed by atoms with Crippen LogP contribution in [-0.4, -0.2) is 28.6 Å². The average molecular weight is 423 g/mol. The summed E-state index contributed by atoms with van der Waals surface area (Å²) in [5.41, 5.74) is 4.97. The zero-order valence-electron chi connectivity index (χ0n) is 17.4. The third kappa shape index (κ3) is 3.67. The Morgan fingerprint density at radius 3 is 2.50 bits per heavy atom. The molecule has 2 aliphatic heterocycles. The van der Waals surface area contributed by atoms with Gasteiger partial charge >= 0.3 is 0 Å². The lowest BCUT2D eigenvalue weighted by atomic mass is 9.88. The first kappa shape index (κ1) is 20.4. The van der Waals surface area contributed by atoms with E-state index in [1.165, 1.54) is 22.6 Å². The number of nitrogens with zero attached hydrogens (tertiary/aromatic N) is 2. The Morgan fingerprint density at radius 2 is 1.80 bits per heavy atom. The minimum Gasteiger partial charge on any atom is -0.366 e. The van der Waals surface area contributed by atoms with Crippen molar-refractivity contribution in [1.82, 2.24) is 4.90 Å². The van der Waals surface area contributed by atoms with Gasteiger partial charge in [-0.1, -0.05) is 24.3 Å². The maximum atomic E-state index is 13.1. The Morgan fingerprint density at radius 1 is 1.10 bits per heavy atom. The lowest BCUT2D eigenvalue weighted by Gasteiger charge is -2.40. The van der Waals surface area contributed by atoms with Crippen LogP contribution < -0.4 is 4.90 Å². The standard InChI is InChI=1S/C24H23FN2O2S/c1-15-13-24(2,3)26(4)20-10-7-17(11-19(15)20)12-21-22(28)27(23(29)30-21)14-16-5-8-18(25)9-6-16/h5-13H,14H2,1-4H3/b21-12-. The van der Waals surface area contributed by atoms with Crippen LogP contribution in [0.25, 0.3) is 11.6 Å². The number of amides is 2. The molecule has 2 heterocycles. The van der Waals surface area contributed by atoms with Crippen molar-refractivity contribution in [2.24, 2.45) is 0 Å². The van der Waals surface area contributed by atoms with Gasteiger partial charge in [-0.2, -0.15) is 0 Å². The number of hydrogen-bond donors (Lipinski definition) is 0. The number of likely N-dealkylation sites (N-methyl/N-ethyl adjacent to an activating group) is 1. The summed E-state index contributed by atoms with van der Waals surface area (Å²) in [6, 6.07) is 11.9. The minimum atomic E-state index is -0.349. The molecule has 0 aliphatic carbocycles. The van der Waals surface area contributed by atoms with Crippen molar-refractivity contribution in [1.29, 1.82) is 0 Å². The van der Waals surface area contributed by atoms with Crippen molar-refractivity contribution < 1.29 is 14.0 Å². The van der Waals surface area contributed by atoms with E-state index < -0.39 is 0 Å². The van der Waals surface area contributed by atoms with E-state index in [-0.39, 0.29) is 29.0 Å². The van der Waals surface area contributed by atoms with Crippen LogP contribution in [0.5, 0.6) is 0 Å². The van der Waals surface area contributed by atoms with E-state index in [0.717, 1.165) is 28.6 Å². The zero-order chi connectivity index (χ0) is 21.6. The SMILES string of the molecule is CC1=CC(C)(C)N(C)c2ccc(/C=C3\SC(=O)N(Cc4ccc(F)cc4)C3=O)cc21. The summed E-state index contributed by atoms with van der Waals surface area (Å²) in [4.78, 5) is 29.0. The van der Waals surface area contributed by atoms with Gasteiger partial charge in [-0.25, -0.2) is 4.39 Å². The van der Waals surface area contributed by atoms with Crippen LogP contribution in [0.3, 0.4) is 0 Å². The first-order chi connectivity index (χ1) is 14.2. The molecule has 0 saturated carbocycles. The number of thioether (sulfide) groups is 1. The minimum absolute atomic E-state index is 0.0678. The fraction of sp³-hybridized carbons (Fsp3) is 0.250. The highest BCUT2D eigenvalue weighted by Crippen LogP contribution is 2.39. The number of allylic oxidation sites excluding steroid dienone is 1. The van der Waals surface area contributed by atoms with Crippen molar-refractivity contribution in [3.8, 4) is 0 Å². The highest BCUT2D eigenvalue weighted by molar-refractivity contribution is 8.18. The van der Waals surface area contributed by atoms with E-state index in [4.69, 9.17) is 0 Å². The first-order valence-electron chi connectivity index (χ1n) is 9.73. The molecule has 1 fully saturated rings. The summed E-state index contributed by atoms with van der Waals surface area (Å²) in [5.74, 6) is -0.670. The topological polar surface area (TPSA) is 40.6 Å². The molecule has 0 aromatic heterocycles. The Kier molecular flexibility index (Phi) is 5.06. The van der Waals surface area contributed by atoms with Crippen LogP contribution in [0, 0.1) is 5.82 Å². The molecule has 0 bridgehead atoms. The summed E-state index contributed by atoms with van der Waals surface area (Å²) in [5, 5.41) is -0.314. The highest BCUT2D eigenvalue weighted by atomic mass is 32.2. The Labute approximate surface area is 180 Å². The quantitative estimate of drug-likeness (QED) is 0.596. The van der Waals surface area contributed by atoms with Crippen LogP contribution >= 0.6 is 11.8 Å². The molecular formula is C24H23FN2O2S. The first-order valence-corrected chi connectivity index (χ1v) is 10.5. The third-order valence-electron chi connectivity index (χ3n) is 5.67. The van der Waals surface area contributed by atoms with Gasteiger partial charge in [0, 0.05) is 18.3 Å². The number of anilines is 1. The number of carbonyl (C=O) groups excluding carboxylic acids is 2. The number of benzene rings is 2. The van der Waals surface area contributed by atoms with Gasteiger partial charge in [0.1, 0.15) is 5.82 Å². The fourth-order valence-electron chi connectivity index (χ4n) is 3.83. The maximum absolute atomic E-state index is 13.1. The molecule has 0 unspecified atom stereocenters. The van der Waals surface area contributed by atoms with E-state index in [0.29, 0.717) is 10.5 Å². The predicted octanol–water partition coefficient (Wildman–Crippen LogP) is 5.69. The van der Waals surface area contributed by atoms with Gasteiger partial charge in [0.15, 0.2) is 0 Å². The zero-order valence-corrected chi connectivity index (χ0v) is 18.2. The number of rotatable bonds is 3. The van der Waals surface area contributed by atoms with Gasteiger partial charge in [0.25, 0.3) is 11.1 Å². The Balaban J connectivity index is 1.60. The van der Waals surface area contributed by atoms with Gasteiger partial charge in [-0.15, -0.1) is 0 Å². The number of hydrogen-bond acceptors (Lipinski definition) is 4. The average Bonchev–Trinajstić information content (AvgIpc) is 2.95. The van der Waals surface area contributed by atoms with E-state index in [9.17, 15) is 14.0 Å². The van der Waals surface area contributed by atoms with Crippen molar-refractivity contribution in [3.63, 3.8) is 0 Å². The highest BCUT2D eigenvalue weighted by Gasteiger charge is 2.35. The summed E-state index contributed by atoms with van der Waals surface area (Å²) in [7, 11) is 2.07. The third-order valence-corrected chi connectivity index (χ3v) is 6.57. The molecule has 154 valence electrons. The second-order valence-corrected chi connectivity index (χ2v) is 9.20. The van der Waals surface area contributed by atoms with E-state index in [2.05, 4.69) is 50.9 Å². The molecule has 2 amide bonds. The van der Waals surface area contributed by atoms with Crippen molar-refractivity contribution in [2.75, 3.05) is 11.9 Å². The van der Waals surface area contributed by atoms with Gasteiger partial charge in [0.05, 0.1) is 17.0 Å². The second kappa shape index (κ2) is 7.43. The molecule has 2 aliphatic rings. The van der Waals surface area contributed by atoms with Gasteiger partial charge < -0.3 is 4.90 Å². The number of halogens is 1. The molecule has 30 heavy (non-hydrogen) atoms. The number of imide groups is 1. The van der Waals surface area contributed by atoms with Crippen LogP contribution in [0.15, 0.2) is 53.4 Å². The van der Waals surface area contributed by atoms with E-state index in [1.807, 2.05) is 6.07 Å². The molecule has 2 aromatic carbocycles. The number of fused-ring (bicyclic) bond motifs is 1. The molecule has 4 nitrogen and oxygen atoms in total. The Hall–Kier alpha value is -2.86. The molecule has 2 aromatic rings. The van der Waals surface area contributed by atoms with Crippen molar-refractivity contribution in [2.45, 2.75) is 32.9 Å². The van der Waals surface area contributed by atoms with Crippen LogP contribution in [-0.2, 0) is 11.3 Å². The lowest BCUT2D eigenvalue weighted by Crippen LogP contribution is -2.42. The summed E-state index contributed by atoms with van der Waals surface area (Å²) in [6.45, 7) is 6.57. The van der Waals surface area contributed by atoms with Crippen LogP contribution in [0.2, 0.25) is 0 Å². The maximum Gasteiger partial charge on any atom is 0.293 e. The largest absolute Gasteiger partial charge is 0.366 e. The van der Waals surface area contributed by atoms with Crippen molar-refractivity contribution in [3.05, 3.63) is 76.0 Å². The van der Waals surface area contributed by atoms with Crippen molar-refractivity contribution >= 4 is 40.2 Å². The van der Waals surface area contributed by atoms with E-state index >= 15 is 0 Å². The van der Waals surface area contributed by atoms with Crippen LogP contribution in [0.4, 0.5) is 14.9 Å². The van der Waals surface area contributed by atoms with Gasteiger partial charge in [-0.05, 0) is 79.6 Å². The Bertz CT molecular complexity index is 1100. The smallest absolute Gasteiger partial charge is 0.293 e. The van der Waals surface area contributed by atoms with Gasteiger partial charge in [0.2, 0.25) is 0 Å². The molecule has 6 heteroatoms. The normalized spacial score (nSPS) is 19.4. The lowest BCUT2D eigenvalue weighted by molar-refractivity contribution is -0.123. The molecular weight excluding hydrogens is 399 g/mol.